The third-order valence-corrected chi connectivity index (χ3v) is 3.95. The smallest absolute Gasteiger partial charge is 0.0594 e. The largest absolute Gasteiger partial charge is 0.379 e. The van der Waals surface area contributed by atoms with Gasteiger partial charge in [0.25, 0.3) is 0 Å². The summed E-state index contributed by atoms with van der Waals surface area (Å²) in [6, 6.07) is 0. The second-order valence-corrected chi connectivity index (χ2v) is 9.35. The van der Waals surface area contributed by atoms with E-state index in [4.69, 9.17) is 4.74 Å². The Kier molecular flexibility index (Phi) is 17.2. The van der Waals surface area contributed by atoms with Crippen molar-refractivity contribution in [2.24, 2.45) is 10.8 Å². The van der Waals surface area contributed by atoms with Crippen LogP contribution in [0.2, 0.25) is 0 Å². The molecule has 2 aliphatic rings. The Bertz CT molecular complexity index is 250. The quantitative estimate of drug-likeness (QED) is 0.597. The summed E-state index contributed by atoms with van der Waals surface area (Å²) >= 11 is 0. The highest BCUT2D eigenvalue weighted by molar-refractivity contribution is 4.72. The molecule has 0 amide bonds. The molecule has 0 radical (unpaired) electrons. The van der Waals surface area contributed by atoms with Crippen molar-refractivity contribution in [3.63, 3.8) is 0 Å². The number of rotatable bonds is 2. The topological polar surface area (TPSA) is 15.7 Å². The van der Waals surface area contributed by atoms with Crippen molar-refractivity contribution in [3.05, 3.63) is 0 Å². The molecular formula is C23H52N2O. The summed E-state index contributed by atoms with van der Waals surface area (Å²) in [5.74, 6) is 0. The van der Waals surface area contributed by atoms with Gasteiger partial charge in [-0.3, -0.25) is 4.90 Å². The van der Waals surface area contributed by atoms with Crippen molar-refractivity contribution < 1.29 is 4.74 Å². The molecule has 160 valence electrons. The fourth-order valence-corrected chi connectivity index (χ4v) is 3.22. The van der Waals surface area contributed by atoms with Crippen molar-refractivity contribution in [1.29, 1.82) is 0 Å². The Morgan fingerprint density at radius 1 is 0.577 bits per heavy atom. The lowest BCUT2D eigenvalue weighted by Gasteiger charge is -2.32. The van der Waals surface area contributed by atoms with Crippen LogP contribution in [0.3, 0.4) is 0 Å². The van der Waals surface area contributed by atoms with Crippen molar-refractivity contribution >= 4 is 0 Å². The van der Waals surface area contributed by atoms with Gasteiger partial charge in [0.2, 0.25) is 0 Å². The average Bonchev–Trinajstić information content (AvgIpc) is 2.58. The lowest BCUT2D eigenvalue weighted by molar-refractivity contribution is 0.0236. The molecule has 26 heavy (non-hydrogen) atoms. The lowest BCUT2D eigenvalue weighted by atomic mass is 9.95. The van der Waals surface area contributed by atoms with E-state index in [9.17, 15) is 0 Å². The zero-order valence-corrected chi connectivity index (χ0v) is 20.1. The van der Waals surface area contributed by atoms with Crippen LogP contribution < -0.4 is 0 Å². The Morgan fingerprint density at radius 2 is 0.923 bits per heavy atom. The predicted molar refractivity (Wildman–Crippen MR) is 119 cm³/mol. The van der Waals surface area contributed by atoms with Crippen LogP contribution in [0.4, 0.5) is 0 Å². The maximum Gasteiger partial charge on any atom is 0.0594 e. The molecule has 0 bridgehead atoms. The maximum atomic E-state index is 5.27. The van der Waals surface area contributed by atoms with Crippen LogP contribution in [-0.2, 0) is 4.74 Å². The fourth-order valence-electron chi connectivity index (χ4n) is 3.22. The molecule has 2 aliphatic heterocycles. The maximum absolute atomic E-state index is 5.27. The Morgan fingerprint density at radius 3 is 1.27 bits per heavy atom. The van der Waals surface area contributed by atoms with Crippen molar-refractivity contribution in [2.75, 3.05) is 52.5 Å². The highest BCUT2D eigenvalue weighted by Crippen LogP contribution is 2.18. The molecule has 0 aliphatic carbocycles. The molecule has 3 nitrogen and oxygen atoms in total. The highest BCUT2D eigenvalue weighted by atomic mass is 16.5. The molecule has 2 heterocycles. The molecule has 2 fully saturated rings. The molecule has 2 saturated heterocycles. The Labute approximate surface area is 166 Å². The van der Waals surface area contributed by atoms with Crippen LogP contribution in [0, 0.1) is 10.8 Å². The van der Waals surface area contributed by atoms with Crippen LogP contribution in [0.25, 0.3) is 0 Å². The first-order valence-electron chi connectivity index (χ1n) is 11.2. The van der Waals surface area contributed by atoms with Gasteiger partial charge < -0.3 is 9.64 Å². The van der Waals surface area contributed by atoms with Gasteiger partial charge in [-0.25, -0.2) is 0 Å². The molecule has 0 saturated carbocycles. The van der Waals surface area contributed by atoms with Gasteiger partial charge in [0.15, 0.2) is 0 Å². The third-order valence-electron chi connectivity index (χ3n) is 3.95. The molecule has 0 unspecified atom stereocenters. The Hall–Kier alpha value is -0.120. The van der Waals surface area contributed by atoms with Crippen LogP contribution in [0.5, 0.6) is 0 Å². The van der Waals surface area contributed by atoms with Crippen molar-refractivity contribution in [2.45, 2.75) is 88.5 Å². The van der Waals surface area contributed by atoms with Gasteiger partial charge in [-0.2, -0.15) is 0 Å². The number of nitrogens with zero attached hydrogens (tertiary/aromatic N) is 2. The first-order valence-corrected chi connectivity index (χ1v) is 11.2. The number of piperidine rings is 1. The molecule has 0 aromatic carbocycles. The molecule has 0 N–H and O–H groups in total. The first-order chi connectivity index (χ1) is 12.2. The van der Waals surface area contributed by atoms with Gasteiger partial charge in [0, 0.05) is 26.2 Å². The SMILES string of the molecule is CC.CC.CC(C)(C)CN1CCCCC1.CC(C)(C)CN1CCOCC1. The monoisotopic (exact) mass is 372 g/mol. The summed E-state index contributed by atoms with van der Waals surface area (Å²) in [5.41, 5.74) is 0.911. The first kappa shape index (κ1) is 28.1. The molecule has 2 rings (SSSR count). The second-order valence-electron chi connectivity index (χ2n) is 9.35. The van der Waals surface area contributed by atoms with Crippen LogP contribution in [-0.4, -0.2) is 62.3 Å². The van der Waals surface area contributed by atoms with E-state index in [2.05, 4.69) is 51.3 Å². The van der Waals surface area contributed by atoms with Crippen LogP contribution in [0.15, 0.2) is 0 Å². The summed E-state index contributed by atoms with van der Waals surface area (Å²) in [6.45, 7) is 31.0. The molecule has 0 spiro atoms. The minimum Gasteiger partial charge on any atom is -0.379 e. The predicted octanol–water partition coefficient (Wildman–Crippen LogP) is 5.94. The molecule has 0 atom stereocenters. The highest BCUT2D eigenvalue weighted by Gasteiger charge is 2.18. The normalized spacial score (nSPS) is 19.2. The van der Waals surface area contributed by atoms with E-state index in [0.717, 1.165) is 26.3 Å². The van der Waals surface area contributed by atoms with Crippen molar-refractivity contribution in [3.8, 4) is 0 Å². The lowest BCUT2D eigenvalue weighted by Crippen LogP contribution is -2.41. The number of morpholine rings is 1. The van der Waals surface area contributed by atoms with E-state index in [0.29, 0.717) is 10.8 Å². The second kappa shape index (κ2) is 15.9. The molecular weight excluding hydrogens is 320 g/mol. The van der Waals surface area contributed by atoms with E-state index in [1.165, 1.54) is 45.4 Å². The third kappa shape index (κ3) is 18.7. The van der Waals surface area contributed by atoms with Gasteiger partial charge in [-0.1, -0.05) is 75.7 Å². The minimum atomic E-state index is 0.428. The van der Waals surface area contributed by atoms with E-state index < -0.39 is 0 Å². The van der Waals surface area contributed by atoms with Gasteiger partial charge in [-0.05, 0) is 36.8 Å². The average molecular weight is 373 g/mol. The molecule has 0 aromatic heterocycles. The number of hydrogen-bond donors (Lipinski definition) is 0. The van der Waals surface area contributed by atoms with Gasteiger partial charge >= 0.3 is 0 Å². The Balaban J connectivity index is 0. The van der Waals surface area contributed by atoms with Crippen molar-refractivity contribution in [1.82, 2.24) is 9.80 Å². The zero-order valence-electron chi connectivity index (χ0n) is 20.1. The van der Waals surface area contributed by atoms with E-state index in [1.54, 1.807) is 0 Å². The number of ether oxygens (including phenoxy) is 1. The fraction of sp³-hybridized carbons (Fsp3) is 1.00. The minimum absolute atomic E-state index is 0.428. The summed E-state index contributed by atoms with van der Waals surface area (Å²) in [6.07, 6.45) is 4.27. The van der Waals surface area contributed by atoms with Crippen LogP contribution in [0.1, 0.15) is 88.5 Å². The van der Waals surface area contributed by atoms with E-state index >= 15 is 0 Å². The van der Waals surface area contributed by atoms with Gasteiger partial charge in [-0.15, -0.1) is 0 Å². The molecule has 0 aromatic rings. The summed E-state index contributed by atoms with van der Waals surface area (Å²) < 4.78 is 5.27. The van der Waals surface area contributed by atoms with E-state index in [-0.39, 0.29) is 0 Å². The standard InChI is InChI=1S/C10H21N.C9H19NO.2C2H6/c1-10(2,3)9-11-7-5-4-6-8-11;1-9(2,3)8-10-4-6-11-7-5-10;2*1-2/h4-9H2,1-3H3;4-8H2,1-3H3;2*1-2H3. The van der Waals surface area contributed by atoms with Gasteiger partial charge in [0.05, 0.1) is 13.2 Å². The number of likely N-dealkylation sites (tertiary alicyclic amines) is 1. The summed E-state index contributed by atoms with van der Waals surface area (Å²) in [5, 5.41) is 0. The summed E-state index contributed by atoms with van der Waals surface area (Å²) in [7, 11) is 0. The van der Waals surface area contributed by atoms with Gasteiger partial charge in [0.1, 0.15) is 0 Å². The van der Waals surface area contributed by atoms with Crippen LogP contribution >= 0.6 is 0 Å². The summed E-state index contributed by atoms with van der Waals surface area (Å²) in [4.78, 5) is 5.08. The zero-order chi connectivity index (χ0) is 20.6. The number of hydrogen-bond acceptors (Lipinski definition) is 3. The van der Waals surface area contributed by atoms with E-state index in [1.807, 2.05) is 27.7 Å². The molecule has 3 heteroatoms.